The summed E-state index contributed by atoms with van der Waals surface area (Å²) in [5, 5.41) is 0. The predicted octanol–water partition coefficient (Wildman–Crippen LogP) is 2.05. The number of halogens is 2. The predicted molar refractivity (Wildman–Crippen MR) is 46.6 cm³/mol. The zero-order valence-electron chi connectivity index (χ0n) is 7.13. The van der Waals surface area contributed by atoms with Crippen molar-refractivity contribution in [2.45, 2.75) is 24.8 Å². The molecule has 1 unspecified atom stereocenters. The summed E-state index contributed by atoms with van der Waals surface area (Å²) >= 11 is 0. The average molecular weight is 183 g/mol. The van der Waals surface area contributed by atoms with Gasteiger partial charge < -0.3 is 5.73 Å². The molecule has 0 amide bonds. The zero-order valence-corrected chi connectivity index (χ0v) is 7.13. The molecule has 1 aliphatic carbocycles. The van der Waals surface area contributed by atoms with E-state index in [1.807, 2.05) is 12.1 Å². The van der Waals surface area contributed by atoms with E-state index in [9.17, 15) is 8.78 Å². The van der Waals surface area contributed by atoms with Crippen LogP contribution >= 0.6 is 0 Å². The lowest BCUT2D eigenvalue weighted by Gasteiger charge is -2.23. The maximum absolute atomic E-state index is 12.7. The van der Waals surface area contributed by atoms with E-state index in [-0.39, 0.29) is 0 Å². The summed E-state index contributed by atoms with van der Waals surface area (Å²) < 4.78 is 25.4. The maximum atomic E-state index is 12.7. The van der Waals surface area contributed by atoms with Gasteiger partial charge in [0.25, 0.3) is 6.43 Å². The van der Waals surface area contributed by atoms with Crippen molar-refractivity contribution in [2.75, 3.05) is 0 Å². The standard InChI is InChI=1S/C10H11F2N/c11-9(12)10(13)6-5-7-3-1-2-4-8(7)10/h1-4,9H,5-6,13H2. The molecule has 0 bridgehead atoms. The quantitative estimate of drug-likeness (QED) is 0.708. The average Bonchev–Trinajstić information content (AvgIpc) is 2.47. The van der Waals surface area contributed by atoms with Crippen molar-refractivity contribution in [2.24, 2.45) is 5.73 Å². The van der Waals surface area contributed by atoms with Gasteiger partial charge in [0.2, 0.25) is 0 Å². The summed E-state index contributed by atoms with van der Waals surface area (Å²) in [7, 11) is 0. The molecule has 0 fully saturated rings. The molecule has 0 radical (unpaired) electrons. The van der Waals surface area contributed by atoms with Gasteiger partial charge in [0.1, 0.15) is 5.54 Å². The minimum absolute atomic E-state index is 0.351. The number of aryl methyl sites for hydroxylation is 1. The minimum Gasteiger partial charge on any atom is -0.317 e. The SMILES string of the molecule is NC1(C(F)F)CCc2ccccc21. The van der Waals surface area contributed by atoms with Gasteiger partial charge in [-0.3, -0.25) is 0 Å². The molecule has 0 saturated carbocycles. The number of nitrogens with two attached hydrogens (primary N) is 1. The number of hydrogen-bond donors (Lipinski definition) is 1. The molecule has 0 spiro atoms. The van der Waals surface area contributed by atoms with E-state index in [4.69, 9.17) is 5.73 Å². The van der Waals surface area contributed by atoms with Crippen LogP contribution in [-0.4, -0.2) is 6.43 Å². The Bertz CT molecular complexity index is 324. The maximum Gasteiger partial charge on any atom is 0.260 e. The van der Waals surface area contributed by atoms with Gasteiger partial charge in [-0.2, -0.15) is 0 Å². The zero-order chi connectivity index (χ0) is 9.47. The van der Waals surface area contributed by atoms with Gasteiger partial charge in [-0.25, -0.2) is 8.78 Å². The molecular formula is C10H11F2N. The largest absolute Gasteiger partial charge is 0.317 e. The second kappa shape index (κ2) is 2.77. The van der Waals surface area contributed by atoms with Crippen LogP contribution in [0.15, 0.2) is 24.3 Å². The second-order valence-corrected chi connectivity index (χ2v) is 3.50. The molecule has 3 heteroatoms. The molecule has 0 heterocycles. The first kappa shape index (κ1) is 8.63. The van der Waals surface area contributed by atoms with Gasteiger partial charge in [0.05, 0.1) is 0 Å². The molecule has 1 nitrogen and oxygen atoms in total. The monoisotopic (exact) mass is 183 g/mol. The van der Waals surface area contributed by atoms with Crippen LogP contribution in [0, 0.1) is 0 Å². The number of rotatable bonds is 1. The lowest BCUT2D eigenvalue weighted by Crippen LogP contribution is -2.41. The van der Waals surface area contributed by atoms with E-state index >= 15 is 0 Å². The normalized spacial score (nSPS) is 26.5. The Morgan fingerprint density at radius 1 is 1.31 bits per heavy atom. The Morgan fingerprint density at radius 3 is 2.69 bits per heavy atom. The minimum atomic E-state index is -2.48. The fraction of sp³-hybridized carbons (Fsp3) is 0.400. The van der Waals surface area contributed by atoms with E-state index in [1.54, 1.807) is 12.1 Å². The highest BCUT2D eigenvalue weighted by atomic mass is 19.3. The Kier molecular flexibility index (Phi) is 1.84. The fourth-order valence-corrected chi connectivity index (χ4v) is 1.90. The summed E-state index contributed by atoms with van der Waals surface area (Å²) in [4.78, 5) is 0. The lowest BCUT2D eigenvalue weighted by atomic mass is 9.94. The molecular weight excluding hydrogens is 172 g/mol. The highest BCUT2D eigenvalue weighted by molar-refractivity contribution is 5.38. The van der Waals surface area contributed by atoms with Crippen molar-refractivity contribution < 1.29 is 8.78 Å². The number of hydrogen-bond acceptors (Lipinski definition) is 1. The van der Waals surface area contributed by atoms with Crippen LogP contribution in [-0.2, 0) is 12.0 Å². The van der Waals surface area contributed by atoms with Crippen LogP contribution in [0.1, 0.15) is 17.5 Å². The van der Waals surface area contributed by atoms with Gasteiger partial charge in [-0.05, 0) is 24.0 Å². The number of benzene rings is 1. The summed E-state index contributed by atoms with van der Waals surface area (Å²) in [5.74, 6) is 0. The molecule has 70 valence electrons. The van der Waals surface area contributed by atoms with Crippen LogP contribution in [0.2, 0.25) is 0 Å². The summed E-state index contributed by atoms with van der Waals surface area (Å²) in [6, 6.07) is 7.19. The van der Waals surface area contributed by atoms with Gasteiger partial charge in [-0.15, -0.1) is 0 Å². The molecule has 0 saturated heterocycles. The lowest BCUT2D eigenvalue weighted by molar-refractivity contribution is 0.0528. The first-order valence-corrected chi connectivity index (χ1v) is 4.30. The van der Waals surface area contributed by atoms with Crippen molar-refractivity contribution in [3.8, 4) is 0 Å². The highest BCUT2D eigenvalue weighted by Crippen LogP contribution is 2.38. The Morgan fingerprint density at radius 2 is 2.00 bits per heavy atom. The van der Waals surface area contributed by atoms with E-state index in [1.165, 1.54) is 0 Å². The molecule has 1 atom stereocenters. The molecule has 0 aliphatic heterocycles. The molecule has 2 rings (SSSR count). The van der Waals surface area contributed by atoms with Crippen LogP contribution in [0.4, 0.5) is 8.78 Å². The van der Waals surface area contributed by atoms with Crippen molar-refractivity contribution in [1.29, 1.82) is 0 Å². The van der Waals surface area contributed by atoms with Crippen molar-refractivity contribution in [3.05, 3.63) is 35.4 Å². The third-order valence-electron chi connectivity index (χ3n) is 2.72. The Balaban J connectivity index is 2.49. The van der Waals surface area contributed by atoms with Crippen molar-refractivity contribution >= 4 is 0 Å². The third kappa shape index (κ3) is 1.15. The molecule has 1 aromatic carbocycles. The smallest absolute Gasteiger partial charge is 0.260 e. The van der Waals surface area contributed by atoms with Crippen LogP contribution < -0.4 is 5.73 Å². The second-order valence-electron chi connectivity index (χ2n) is 3.50. The van der Waals surface area contributed by atoms with Crippen LogP contribution in [0.3, 0.4) is 0 Å². The van der Waals surface area contributed by atoms with Crippen molar-refractivity contribution in [3.63, 3.8) is 0 Å². The number of fused-ring (bicyclic) bond motifs is 1. The van der Waals surface area contributed by atoms with Crippen molar-refractivity contribution in [1.82, 2.24) is 0 Å². The first-order chi connectivity index (χ1) is 6.14. The first-order valence-electron chi connectivity index (χ1n) is 4.30. The summed E-state index contributed by atoms with van der Waals surface area (Å²) in [6.07, 6.45) is -1.46. The van der Waals surface area contributed by atoms with Gasteiger partial charge in [0, 0.05) is 0 Å². The molecule has 13 heavy (non-hydrogen) atoms. The van der Waals surface area contributed by atoms with Crippen LogP contribution in [0.5, 0.6) is 0 Å². The topological polar surface area (TPSA) is 26.0 Å². The van der Waals surface area contributed by atoms with E-state index < -0.39 is 12.0 Å². The van der Waals surface area contributed by atoms with Gasteiger partial charge in [-0.1, -0.05) is 24.3 Å². The molecule has 1 aromatic rings. The van der Waals surface area contributed by atoms with E-state index in [0.717, 1.165) is 5.56 Å². The van der Waals surface area contributed by atoms with Gasteiger partial charge in [0.15, 0.2) is 0 Å². The fourth-order valence-electron chi connectivity index (χ4n) is 1.90. The summed E-state index contributed by atoms with van der Waals surface area (Å²) in [5.41, 5.74) is 5.84. The van der Waals surface area contributed by atoms with E-state index in [0.29, 0.717) is 18.4 Å². The van der Waals surface area contributed by atoms with Crippen LogP contribution in [0.25, 0.3) is 0 Å². The van der Waals surface area contributed by atoms with E-state index in [2.05, 4.69) is 0 Å². The molecule has 0 aromatic heterocycles. The highest BCUT2D eigenvalue weighted by Gasteiger charge is 2.42. The summed E-state index contributed by atoms with van der Waals surface area (Å²) in [6.45, 7) is 0. The van der Waals surface area contributed by atoms with Gasteiger partial charge >= 0.3 is 0 Å². The molecule has 2 N–H and O–H groups in total. The molecule has 1 aliphatic rings. The Hall–Kier alpha value is -0.960. The Labute approximate surface area is 75.6 Å². The third-order valence-corrected chi connectivity index (χ3v) is 2.72. The number of alkyl halides is 2.